The van der Waals surface area contributed by atoms with E-state index < -0.39 is 12.0 Å². The van der Waals surface area contributed by atoms with E-state index >= 15 is 0 Å². The molecule has 1 atom stereocenters. The van der Waals surface area contributed by atoms with Gasteiger partial charge in [-0.3, -0.25) is 4.79 Å². The summed E-state index contributed by atoms with van der Waals surface area (Å²) in [4.78, 5) is 23.6. The van der Waals surface area contributed by atoms with Gasteiger partial charge >= 0.3 is 5.97 Å². The van der Waals surface area contributed by atoms with Gasteiger partial charge in [0, 0.05) is 12.8 Å². The van der Waals surface area contributed by atoms with E-state index in [0.717, 1.165) is 29.5 Å². The summed E-state index contributed by atoms with van der Waals surface area (Å²) in [5.41, 5.74) is 3.14. The highest BCUT2D eigenvalue weighted by Gasteiger charge is 2.24. The second kappa shape index (κ2) is 7.43. The van der Waals surface area contributed by atoms with Crippen LogP contribution in [0.15, 0.2) is 18.2 Å². The van der Waals surface area contributed by atoms with Crippen molar-refractivity contribution < 1.29 is 14.7 Å². The van der Waals surface area contributed by atoms with Crippen LogP contribution in [0, 0.1) is 19.8 Å². The highest BCUT2D eigenvalue weighted by atomic mass is 16.4. The Labute approximate surface area is 131 Å². The van der Waals surface area contributed by atoms with E-state index in [4.69, 9.17) is 0 Å². The van der Waals surface area contributed by atoms with Gasteiger partial charge in [-0.1, -0.05) is 31.0 Å². The van der Waals surface area contributed by atoms with Crippen molar-refractivity contribution in [2.45, 2.75) is 58.4 Å². The molecule has 0 spiro atoms. The van der Waals surface area contributed by atoms with Crippen molar-refractivity contribution in [3.8, 4) is 0 Å². The van der Waals surface area contributed by atoms with Gasteiger partial charge in [0.2, 0.25) is 5.91 Å². The Balaban J connectivity index is 2.00. The quantitative estimate of drug-likeness (QED) is 0.849. The maximum absolute atomic E-state index is 12.1. The lowest BCUT2D eigenvalue weighted by Gasteiger charge is -2.18. The maximum atomic E-state index is 12.1. The van der Waals surface area contributed by atoms with Crippen LogP contribution in [-0.2, 0) is 16.0 Å². The van der Waals surface area contributed by atoms with Gasteiger partial charge in [-0.15, -0.1) is 0 Å². The highest BCUT2D eigenvalue weighted by Crippen LogP contribution is 2.27. The van der Waals surface area contributed by atoms with Crippen LogP contribution in [0.2, 0.25) is 0 Å². The molecule has 0 aromatic heterocycles. The second-order valence-corrected chi connectivity index (χ2v) is 6.39. The number of carboxylic acid groups (broad SMARTS) is 1. The molecule has 1 fully saturated rings. The lowest BCUT2D eigenvalue weighted by molar-refractivity contribution is -0.141. The zero-order valence-corrected chi connectivity index (χ0v) is 13.4. The molecule has 120 valence electrons. The molecule has 1 aliphatic carbocycles. The van der Waals surface area contributed by atoms with Crippen molar-refractivity contribution in [1.29, 1.82) is 0 Å². The van der Waals surface area contributed by atoms with E-state index in [-0.39, 0.29) is 5.91 Å². The lowest BCUT2D eigenvalue weighted by atomic mass is 9.96. The first-order valence-electron chi connectivity index (χ1n) is 8.04. The Morgan fingerprint density at radius 1 is 1.23 bits per heavy atom. The van der Waals surface area contributed by atoms with E-state index in [0.29, 0.717) is 18.8 Å². The fourth-order valence-corrected chi connectivity index (χ4v) is 3.31. The van der Waals surface area contributed by atoms with Crippen LogP contribution >= 0.6 is 0 Å². The van der Waals surface area contributed by atoms with E-state index in [1.165, 1.54) is 12.8 Å². The summed E-state index contributed by atoms with van der Waals surface area (Å²) in [6.07, 6.45) is 5.33. The van der Waals surface area contributed by atoms with Gasteiger partial charge in [0.1, 0.15) is 6.04 Å². The Bertz CT molecular complexity index is 527. The summed E-state index contributed by atoms with van der Waals surface area (Å²) in [5.74, 6) is -0.678. The Hall–Kier alpha value is -1.84. The van der Waals surface area contributed by atoms with Gasteiger partial charge in [-0.2, -0.15) is 0 Å². The van der Waals surface area contributed by atoms with Crippen molar-refractivity contribution in [3.63, 3.8) is 0 Å². The second-order valence-electron chi connectivity index (χ2n) is 6.39. The Kier molecular flexibility index (Phi) is 5.58. The standard InChI is InChI=1S/C18H25NO3/c1-12-6-5-7-13(2)15(12)11-16(18(21)22)19-17(20)10-14-8-3-4-9-14/h5-7,14,16H,3-4,8-11H2,1-2H3,(H,19,20)(H,21,22)/t16-/m0/s1. The number of hydrogen-bond donors (Lipinski definition) is 2. The first-order valence-corrected chi connectivity index (χ1v) is 8.04. The van der Waals surface area contributed by atoms with Crippen LogP contribution in [0.3, 0.4) is 0 Å². The fourth-order valence-electron chi connectivity index (χ4n) is 3.31. The summed E-state index contributed by atoms with van der Waals surface area (Å²) in [6, 6.07) is 5.06. The molecule has 1 aromatic rings. The SMILES string of the molecule is Cc1cccc(C)c1C[C@H](NC(=O)CC1CCCC1)C(=O)O. The van der Waals surface area contributed by atoms with Gasteiger partial charge in [0.25, 0.3) is 0 Å². The molecule has 1 amide bonds. The zero-order valence-electron chi connectivity index (χ0n) is 13.4. The van der Waals surface area contributed by atoms with Gasteiger partial charge in [0.05, 0.1) is 0 Å². The molecule has 0 aliphatic heterocycles. The predicted octanol–water partition coefficient (Wildman–Crippen LogP) is 3.00. The predicted molar refractivity (Wildman–Crippen MR) is 85.8 cm³/mol. The van der Waals surface area contributed by atoms with E-state index in [9.17, 15) is 14.7 Å². The number of hydrogen-bond acceptors (Lipinski definition) is 2. The third-order valence-corrected chi connectivity index (χ3v) is 4.63. The molecule has 0 saturated heterocycles. The normalized spacial score (nSPS) is 16.5. The molecular formula is C18H25NO3. The highest BCUT2D eigenvalue weighted by molar-refractivity contribution is 5.84. The molecule has 0 heterocycles. The summed E-state index contributed by atoms with van der Waals surface area (Å²) in [6.45, 7) is 3.95. The first-order chi connectivity index (χ1) is 10.5. The van der Waals surface area contributed by atoms with Crippen LogP contribution in [0.25, 0.3) is 0 Å². The number of nitrogens with one attached hydrogen (secondary N) is 1. The Morgan fingerprint density at radius 2 is 1.82 bits per heavy atom. The zero-order chi connectivity index (χ0) is 16.1. The molecule has 1 aromatic carbocycles. The third kappa shape index (κ3) is 4.33. The van der Waals surface area contributed by atoms with Crippen molar-refractivity contribution >= 4 is 11.9 Å². The number of rotatable bonds is 6. The monoisotopic (exact) mass is 303 g/mol. The van der Waals surface area contributed by atoms with Gasteiger partial charge < -0.3 is 10.4 Å². The number of carboxylic acids is 1. The average Bonchev–Trinajstić information content (AvgIpc) is 2.94. The molecule has 22 heavy (non-hydrogen) atoms. The van der Waals surface area contributed by atoms with Crippen LogP contribution in [0.1, 0.15) is 48.8 Å². The maximum Gasteiger partial charge on any atom is 0.326 e. The molecule has 1 saturated carbocycles. The minimum absolute atomic E-state index is 0.134. The molecule has 1 aliphatic rings. The summed E-state index contributed by atoms with van der Waals surface area (Å²) in [5, 5.41) is 12.1. The van der Waals surface area contributed by atoms with Crippen molar-refractivity contribution in [1.82, 2.24) is 5.32 Å². The van der Waals surface area contributed by atoms with Crippen molar-refractivity contribution in [2.75, 3.05) is 0 Å². The molecule has 4 nitrogen and oxygen atoms in total. The lowest BCUT2D eigenvalue weighted by Crippen LogP contribution is -2.43. The molecular weight excluding hydrogens is 278 g/mol. The molecule has 2 N–H and O–H groups in total. The largest absolute Gasteiger partial charge is 0.480 e. The van der Waals surface area contributed by atoms with Gasteiger partial charge in [0.15, 0.2) is 0 Å². The van der Waals surface area contributed by atoms with Gasteiger partial charge in [-0.05, 0) is 49.3 Å². The number of aryl methyl sites for hydroxylation is 2. The van der Waals surface area contributed by atoms with E-state index in [1.807, 2.05) is 32.0 Å². The van der Waals surface area contributed by atoms with Gasteiger partial charge in [-0.25, -0.2) is 4.79 Å². The minimum Gasteiger partial charge on any atom is -0.480 e. The summed E-state index contributed by atoms with van der Waals surface area (Å²) < 4.78 is 0. The van der Waals surface area contributed by atoms with E-state index in [2.05, 4.69) is 5.32 Å². The van der Waals surface area contributed by atoms with Crippen LogP contribution in [0.5, 0.6) is 0 Å². The summed E-state index contributed by atoms with van der Waals surface area (Å²) >= 11 is 0. The minimum atomic E-state index is -0.970. The Morgan fingerprint density at radius 3 is 2.36 bits per heavy atom. The number of carbonyl (C=O) groups excluding carboxylic acids is 1. The number of amides is 1. The van der Waals surface area contributed by atoms with Crippen LogP contribution in [-0.4, -0.2) is 23.0 Å². The average molecular weight is 303 g/mol. The van der Waals surface area contributed by atoms with Crippen molar-refractivity contribution in [3.05, 3.63) is 34.9 Å². The molecule has 2 rings (SSSR count). The van der Waals surface area contributed by atoms with Crippen LogP contribution in [0.4, 0.5) is 0 Å². The summed E-state index contributed by atoms with van der Waals surface area (Å²) in [7, 11) is 0. The molecule has 4 heteroatoms. The third-order valence-electron chi connectivity index (χ3n) is 4.63. The van der Waals surface area contributed by atoms with Crippen molar-refractivity contribution in [2.24, 2.45) is 5.92 Å². The number of carbonyl (C=O) groups is 2. The molecule has 0 radical (unpaired) electrons. The smallest absolute Gasteiger partial charge is 0.326 e. The van der Waals surface area contributed by atoms with Crippen LogP contribution < -0.4 is 5.32 Å². The fraction of sp³-hybridized carbons (Fsp3) is 0.556. The molecule has 0 unspecified atom stereocenters. The van der Waals surface area contributed by atoms with E-state index in [1.54, 1.807) is 0 Å². The first kappa shape index (κ1) is 16.5. The number of aliphatic carboxylic acids is 1. The topological polar surface area (TPSA) is 66.4 Å². The molecule has 0 bridgehead atoms. The number of benzene rings is 1.